The van der Waals surface area contributed by atoms with Gasteiger partial charge in [-0.2, -0.15) is 0 Å². The second-order valence-electron chi connectivity index (χ2n) is 4.71. The Morgan fingerprint density at radius 3 is 3.10 bits per heavy atom. The van der Waals surface area contributed by atoms with Crippen LogP contribution in [0.4, 0.5) is 6.01 Å². The number of carbonyl (C=O) groups excluding carboxylic acids is 1. The molecule has 0 radical (unpaired) electrons. The molecule has 1 aromatic carbocycles. The van der Waals surface area contributed by atoms with Gasteiger partial charge in [0.1, 0.15) is 5.75 Å². The number of hydrogen-bond donors (Lipinski definition) is 3. The molecule has 3 N–H and O–H groups in total. The fourth-order valence-electron chi connectivity index (χ4n) is 2.18. The van der Waals surface area contributed by atoms with Crippen LogP contribution in [0.3, 0.4) is 0 Å². The largest absolute Gasteiger partial charge is 0.507 e. The maximum atomic E-state index is 12.1. The molecule has 1 aliphatic heterocycles. The van der Waals surface area contributed by atoms with Crippen LogP contribution in [0.1, 0.15) is 35.1 Å². The molecule has 1 aromatic heterocycles. The number of phenolic OH excluding ortho intramolecular Hbond substituents is 1. The Bertz CT molecular complexity index is 667. The van der Waals surface area contributed by atoms with Crippen molar-refractivity contribution in [3.63, 3.8) is 0 Å². The van der Waals surface area contributed by atoms with Gasteiger partial charge in [0.25, 0.3) is 5.91 Å². The summed E-state index contributed by atoms with van der Waals surface area (Å²) in [6.45, 7) is 0.922. The Kier molecular flexibility index (Phi) is 4.06. The van der Waals surface area contributed by atoms with Gasteiger partial charge in [-0.25, -0.2) is 0 Å². The van der Waals surface area contributed by atoms with Crippen LogP contribution in [-0.4, -0.2) is 27.8 Å². The molecular formula is C13H13IN4O3. The molecule has 7 nitrogen and oxygen atoms in total. The molecule has 1 unspecified atom stereocenters. The third kappa shape index (κ3) is 3.16. The summed E-state index contributed by atoms with van der Waals surface area (Å²) in [6, 6.07) is 4.85. The third-order valence-corrected chi connectivity index (χ3v) is 3.89. The van der Waals surface area contributed by atoms with Crippen LogP contribution < -0.4 is 10.6 Å². The number of nitrogens with zero attached hydrogens (tertiary/aromatic N) is 2. The van der Waals surface area contributed by atoms with Crippen LogP contribution in [0, 0.1) is 3.57 Å². The fourth-order valence-corrected chi connectivity index (χ4v) is 2.67. The number of rotatable bonds is 3. The minimum Gasteiger partial charge on any atom is -0.507 e. The highest BCUT2D eigenvalue weighted by molar-refractivity contribution is 14.1. The fraction of sp³-hybridized carbons (Fsp3) is 0.308. The van der Waals surface area contributed by atoms with E-state index >= 15 is 0 Å². The first-order valence-electron chi connectivity index (χ1n) is 6.50. The highest BCUT2D eigenvalue weighted by Crippen LogP contribution is 2.24. The van der Waals surface area contributed by atoms with Gasteiger partial charge in [0, 0.05) is 3.57 Å². The number of nitrogens with one attached hydrogen (secondary N) is 2. The molecule has 0 aliphatic carbocycles. The lowest BCUT2D eigenvalue weighted by atomic mass is 10.2. The van der Waals surface area contributed by atoms with E-state index in [2.05, 4.69) is 43.4 Å². The van der Waals surface area contributed by atoms with Crippen LogP contribution in [0.2, 0.25) is 0 Å². The molecule has 1 amide bonds. The molecular weight excluding hydrogens is 387 g/mol. The lowest BCUT2D eigenvalue weighted by Crippen LogP contribution is -2.13. The Hall–Kier alpha value is -1.68. The van der Waals surface area contributed by atoms with Gasteiger partial charge in [-0.05, 0) is 60.2 Å². The average Bonchev–Trinajstić information content (AvgIpc) is 3.11. The molecule has 1 fully saturated rings. The number of hydrogen-bond acceptors (Lipinski definition) is 6. The van der Waals surface area contributed by atoms with Gasteiger partial charge < -0.3 is 14.8 Å². The number of aromatic nitrogens is 2. The summed E-state index contributed by atoms with van der Waals surface area (Å²) in [5.74, 6) is -0.111. The SMILES string of the molecule is O=C(Nc1nnc(C2CCCN2)o1)c1cc(I)ccc1O. The van der Waals surface area contributed by atoms with Gasteiger partial charge in [-0.1, -0.05) is 5.10 Å². The maximum absolute atomic E-state index is 12.1. The number of benzene rings is 1. The molecule has 0 bridgehead atoms. The Balaban J connectivity index is 1.74. The van der Waals surface area contributed by atoms with Crippen molar-refractivity contribution in [3.05, 3.63) is 33.2 Å². The van der Waals surface area contributed by atoms with Crippen LogP contribution in [0.15, 0.2) is 22.6 Å². The molecule has 1 aliphatic rings. The minimum absolute atomic E-state index is 0.0296. The third-order valence-electron chi connectivity index (χ3n) is 3.22. The zero-order valence-corrected chi connectivity index (χ0v) is 13.1. The second kappa shape index (κ2) is 5.98. The molecule has 2 aromatic rings. The normalized spacial score (nSPS) is 17.9. The molecule has 0 saturated carbocycles. The van der Waals surface area contributed by atoms with E-state index < -0.39 is 5.91 Å². The van der Waals surface area contributed by atoms with Crippen LogP contribution >= 0.6 is 22.6 Å². The lowest BCUT2D eigenvalue weighted by Gasteiger charge is -2.04. The molecule has 21 heavy (non-hydrogen) atoms. The quantitative estimate of drug-likeness (QED) is 0.683. The van der Waals surface area contributed by atoms with Crippen molar-refractivity contribution < 1.29 is 14.3 Å². The van der Waals surface area contributed by atoms with Gasteiger partial charge in [0.2, 0.25) is 5.89 Å². The highest BCUT2D eigenvalue weighted by Gasteiger charge is 2.23. The van der Waals surface area contributed by atoms with Crippen molar-refractivity contribution in [2.45, 2.75) is 18.9 Å². The zero-order valence-electron chi connectivity index (χ0n) is 11.0. The highest BCUT2D eigenvalue weighted by atomic mass is 127. The van der Waals surface area contributed by atoms with Crippen LogP contribution in [-0.2, 0) is 0 Å². The summed E-state index contributed by atoms with van der Waals surface area (Å²) >= 11 is 2.07. The first-order chi connectivity index (χ1) is 10.1. The van der Waals surface area contributed by atoms with Gasteiger partial charge in [0.05, 0.1) is 11.6 Å². The molecule has 0 spiro atoms. The number of aromatic hydroxyl groups is 1. The first-order valence-corrected chi connectivity index (χ1v) is 7.58. The van der Waals surface area contributed by atoms with Gasteiger partial charge in [0.15, 0.2) is 0 Å². The summed E-state index contributed by atoms with van der Waals surface area (Å²) in [6.07, 6.45) is 2.00. The van der Waals surface area contributed by atoms with E-state index in [0.29, 0.717) is 5.89 Å². The van der Waals surface area contributed by atoms with E-state index in [-0.39, 0.29) is 23.4 Å². The topological polar surface area (TPSA) is 100 Å². The van der Waals surface area contributed by atoms with Gasteiger partial charge in [-0.3, -0.25) is 10.1 Å². The Morgan fingerprint density at radius 2 is 2.33 bits per heavy atom. The van der Waals surface area contributed by atoms with Crippen LogP contribution in [0.25, 0.3) is 0 Å². The van der Waals surface area contributed by atoms with E-state index in [0.717, 1.165) is 23.0 Å². The van der Waals surface area contributed by atoms with Crippen molar-refractivity contribution in [3.8, 4) is 5.75 Å². The first kappa shape index (κ1) is 14.3. The molecule has 110 valence electrons. The lowest BCUT2D eigenvalue weighted by molar-refractivity contribution is 0.102. The average molecular weight is 400 g/mol. The summed E-state index contributed by atoms with van der Waals surface area (Å²) < 4.78 is 6.27. The molecule has 8 heteroatoms. The van der Waals surface area contributed by atoms with E-state index in [1.165, 1.54) is 6.07 Å². The van der Waals surface area contributed by atoms with Gasteiger partial charge in [-0.15, -0.1) is 5.10 Å². The van der Waals surface area contributed by atoms with Crippen molar-refractivity contribution >= 4 is 34.5 Å². The molecule has 1 saturated heterocycles. The summed E-state index contributed by atoms with van der Waals surface area (Å²) in [4.78, 5) is 12.1. The van der Waals surface area contributed by atoms with E-state index in [4.69, 9.17) is 4.42 Å². The summed E-state index contributed by atoms with van der Waals surface area (Å²) in [7, 11) is 0. The van der Waals surface area contributed by atoms with Crippen molar-refractivity contribution in [1.82, 2.24) is 15.5 Å². The second-order valence-corrected chi connectivity index (χ2v) is 5.96. The Morgan fingerprint density at radius 1 is 1.48 bits per heavy atom. The zero-order chi connectivity index (χ0) is 14.8. The van der Waals surface area contributed by atoms with E-state index in [1.807, 2.05) is 0 Å². The van der Waals surface area contributed by atoms with Crippen molar-refractivity contribution in [1.29, 1.82) is 0 Å². The molecule has 1 atom stereocenters. The van der Waals surface area contributed by atoms with Crippen molar-refractivity contribution in [2.24, 2.45) is 0 Å². The number of halogens is 1. The number of carbonyl (C=O) groups is 1. The maximum Gasteiger partial charge on any atom is 0.322 e. The smallest absolute Gasteiger partial charge is 0.322 e. The standard InChI is InChI=1S/C13H13IN4O3/c14-7-3-4-10(19)8(6-7)11(20)16-13-18-17-12(21-13)9-2-1-5-15-9/h3-4,6,9,15,19H,1-2,5H2,(H,16,18,20). The molecule has 3 rings (SSSR count). The number of anilines is 1. The van der Waals surface area contributed by atoms with E-state index in [9.17, 15) is 9.90 Å². The minimum atomic E-state index is -0.486. The Labute approximate surface area is 134 Å². The molecule has 2 heterocycles. The van der Waals surface area contributed by atoms with Gasteiger partial charge >= 0.3 is 6.01 Å². The predicted octanol–water partition coefficient (Wildman–Crippen LogP) is 2.06. The van der Waals surface area contributed by atoms with E-state index in [1.54, 1.807) is 12.1 Å². The van der Waals surface area contributed by atoms with Crippen LogP contribution in [0.5, 0.6) is 5.75 Å². The summed E-state index contributed by atoms with van der Waals surface area (Å²) in [5.41, 5.74) is 0.167. The number of amides is 1. The monoisotopic (exact) mass is 400 g/mol. The summed E-state index contributed by atoms with van der Waals surface area (Å²) in [5, 5.41) is 23.2. The van der Waals surface area contributed by atoms with Crippen molar-refractivity contribution in [2.75, 3.05) is 11.9 Å². The predicted molar refractivity (Wildman–Crippen MR) is 83.1 cm³/mol. The number of phenols is 1.